The third-order valence-electron chi connectivity index (χ3n) is 4.44. The lowest BCUT2D eigenvalue weighted by Crippen LogP contribution is -2.13. The minimum Gasteiger partial charge on any atom is -0.419 e. The molecular formula is C21H18ClN5O6. The number of rotatable bonds is 8. The maximum Gasteiger partial charge on any atom is 0.345 e. The summed E-state index contributed by atoms with van der Waals surface area (Å²) in [5.74, 6) is -0.909. The van der Waals surface area contributed by atoms with Crippen LogP contribution >= 0.6 is 11.6 Å². The van der Waals surface area contributed by atoms with Gasteiger partial charge in [0.2, 0.25) is 0 Å². The number of para-hydroxylation sites is 1. The summed E-state index contributed by atoms with van der Waals surface area (Å²) in [6, 6.07) is 12.6. The van der Waals surface area contributed by atoms with Crippen LogP contribution in [0, 0.1) is 20.2 Å². The fourth-order valence-corrected chi connectivity index (χ4v) is 3.23. The molecule has 3 aromatic carbocycles. The lowest BCUT2D eigenvalue weighted by molar-refractivity contribution is -0.384. The number of carbonyl (C=O) groups excluding carboxylic acids is 1. The summed E-state index contributed by atoms with van der Waals surface area (Å²) in [6.07, 6.45) is 0. The number of hydrogen-bond donors (Lipinski definition) is 3. The summed E-state index contributed by atoms with van der Waals surface area (Å²) in [7, 11) is 0. The zero-order chi connectivity index (χ0) is 24.1. The number of ether oxygens (including phenoxy) is 1. The van der Waals surface area contributed by atoms with E-state index in [-0.39, 0.29) is 50.5 Å². The monoisotopic (exact) mass is 471 g/mol. The second-order valence-corrected chi connectivity index (χ2v) is 7.09. The standard InChI is InChI=1S/C21H18ClN5O6/c1-2-24-18-11-13(26(29)30)10-15(22)20(18)33-21(28)14-5-3-4-6-16(14)25-17-8-7-12(23)9-19(17)27(31)32/h3-11,24-25H,2,23H2,1H3. The Balaban J connectivity index is 1.97. The first-order valence-electron chi connectivity index (χ1n) is 9.55. The molecule has 0 spiro atoms. The zero-order valence-corrected chi connectivity index (χ0v) is 18.0. The van der Waals surface area contributed by atoms with E-state index in [4.69, 9.17) is 22.1 Å². The van der Waals surface area contributed by atoms with Gasteiger partial charge in [-0.15, -0.1) is 0 Å². The molecule has 0 saturated heterocycles. The second kappa shape index (κ2) is 9.83. The molecule has 0 aliphatic rings. The van der Waals surface area contributed by atoms with Gasteiger partial charge in [0.05, 0.1) is 31.8 Å². The number of nitro benzene ring substituents is 2. The molecule has 0 aliphatic carbocycles. The fourth-order valence-electron chi connectivity index (χ4n) is 2.98. The molecule has 0 aliphatic heterocycles. The number of esters is 1. The van der Waals surface area contributed by atoms with Crippen LogP contribution in [-0.4, -0.2) is 22.4 Å². The van der Waals surface area contributed by atoms with Gasteiger partial charge in [-0.05, 0) is 31.2 Å². The topological polar surface area (TPSA) is 163 Å². The third kappa shape index (κ3) is 5.28. The van der Waals surface area contributed by atoms with Gasteiger partial charge in [-0.1, -0.05) is 23.7 Å². The normalized spacial score (nSPS) is 10.4. The maximum absolute atomic E-state index is 13.0. The average molecular weight is 472 g/mol. The van der Waals surface area contributed by atoms with Crippen molar-refractivity contribution in [2.24, 2.45) is 0 Å². The Bertz CT molecular complexity index is 1250. The van der Waals surface area contributed by atoms with Crippen molar-refractivity contribution in [1.82, 2.24) is 0 Å². The summed E-state index contributed by atoms with van der Waals surface area (Å²) in [5, 5.41) is 28.1. The van der Waals surface area contributed by atoms with Gasteiger partial charge in [0, 0.05) is 30.4 Å². The van der Waals surface area contributed by atoms with Crippen molar-refractivity contribution in [3.05, 3.63) is 85.4 Å². The van der Waals surface area contributed by atoms with Crippen molar-refractivity contribution >= 4 is 51.7 Å². The van der Waals surface area contributed by atoms with Crippen LogP contribution < -0.4 is 21.1 Å². The molecule has 0 heterocycles. The molecule has 0 fully saturated rings. The van der Waals surface area contributed by atoms with Crippen LogP contribution in [0.5, 0.6) is 5.75 Å². The van der Waals surface area contributed by atoms with Crippen molar-refractivity contribution in [2.45, 2.75) is 6.92 Å². The van der Waals surface area contributed by atoms with E-state index in [1.165, 1.54) is 30.3 Å². The summed E-state index contributed by atoms with van der Waals surface area (Å²) in [6.45, 7) is 2.15. The number of nitrogens with one attached hydrogen (secondary N) is 2. The van der Waals surface area contributed by atoms with E-state index < -0.39 is 15.8 Å². The van der Waals surface area contributed by atoms with Crippen LogP contribution in [0.1, 0.15) is 17.3 Å². The van der Waals surface area contributed by atoms with Crippen LogP contribution in [0.2, 0.25) is 5.02 Å². The van der Waals surface area contributed by atoms with Crippen molar-refractivity contribution < 1.29 is 19.4 Å². The highest BCUT2D eigenvalue weighted by atomic mass is 35.5. The Morgan fingerprint density at radius 3 is 2.42 bits per heavy atom. The number of nitrogens with two attached hydrogens (primary N) is 1. The van der Waals surface area contributed by atoms with Crippen LogP contribution in [0.25, 0.3) is 0 Å². The quantitative estimate of drug-likeness (QED) is 0.133. The lowest BCUT2D eigenvalue weighted by atomic mass is 10.1. The molecule has 3 rings (SSSR count). The lowest BCUT2D eigenvalue weighted by Gasteiger charge is -2.15. The highest BCUT2D eigenvalue weighted by molar-refractivity contribution is 6.33. The predicted octanol–water partition coefficient (Wildman–Crippen LogP) is 5.13. The van der Waals surface area contributed by atoms with Crippen LogP contribution in [0.3, 0.4) is 0 Å². The van der Waals surface area contributed by atoms with E-state index in [2.05, 4.69) is 10.6 Å². The Kier molecular flexibility index (Phi) is 6.94. The van der Waals surface area contributed by atoms with Gasteiger partial charge in [0.1, 0.15) is 5.69 Å². The van der Waals surface area contributed by atoms with Gasteiger partial charge >= 0.3 is 5.97 Å². The van der Waals surface area contributed by atoms with Gasteiger partial charge < -0.3 is 21.1 Å². The van der Waals surface area contributed by atoms with Crippen molar-refractivity contribution in [2.75, 3.05) is 22.9 Å². The van der Waals surface area contributed by atoms with Gasteiger partial charge in [-0.25, -0.2) is 4.79 Å². The number of halogens is 1. The molecule has 0 amide bonds. The largest absolute Gasteiger partial charge is 0.419 e. The first-order valence-corrected chi connectivity index (χ1v) is 9.93. The number of non-ortho nitro benzene ring substituents is 1. The van der Waals surface area contributed by atoms with Gasteiger partial charge in [0.15, 0.2) is 5.75 Å². The van der Waals surface area contributed by atoms with Crippen molar-refractivity contribution in [1.29, 1.82) is 0 Å². The fraction of sp³-hybridized carbons (Fsp3) is 0.0952. The number of hydrogen-bond acceptors (Lipinski definition) is 9. The zero-order valence-electron chi connectivity index (χ0n) is 17.2. The Morgan fingerprint density at radius 2 is 1.76 bits per heavy atom. The van der Waals surface area contributed by atoms with E-state index in [0.717, 1.165) is 6.07 Å². The first kappa shape index (κ1) is 23.3. The molecule has 0 aromatic heterocycles. The summed E-state index contributed by atoms with van der Waals surface area (Å²) >= 11 is 6.16. The molecular weight excluding hydrogens is 454 g/mol. The van der Waals surface area contributed by atoms with Crippen molar-refractivity contribution in [3.63, 3.8) is 0 Å². The smallest absolute Gasteiger partial charge is 0.345 e. The van der Waals surface area contributed by atoms with E-state index >= 15 is 0 Å². The van der Waals surface area contributed by atoms with Gasteiger partial charge in [0.25, 0.3) is 11.4 Å². The van der Waals surface area contributed by atoms with Crippen LogP contribution in [0.4, 0.5) is 34.1 Å². The molecule has 3 aromatic rings. The number of carbonyl (C=O) groups is 1. The number of anilines is 4. The molecule has 4 N–H and O–H groups in total. The summed E-state index contributed by atoms with van der Waals surface area (Å²) < 4.78 is 5.47. The van der Waals surface area contributed by atoms with E-state index in [1.807, 2.05) is 0 Å². The number of nitrogens with zero attached hydrogens (tertiary/aromatic N) is 2. The van der Waals surface area contributed by atoms with Gasteiger partial charge in [-0.2, -0.15) is 0 Å². The number of nitro groups is 2. The molecule has 0 atom stereocenters. The third-order valence-corrected chi connectivity index (χ3v) is 4.72. The Morgan fingerprint density at radius 1 is 1.03 bits per heavy atom. The Hall–Kier alpha value is -4.38. The number of benzene rings is 3. The van der Waals surface area contributed by atoms with Gasteiger partial charge in [-0.3, -0.25) is 20.2 Å². The van der Waals surface area contributed by atoms with Crippen LogP contribution in [0.15, 0.2) is 54.6 Å². The highest BCUT2D eigenvalue weighted by Crippen LogP contribution is 2.38. The molecule has 33 heavy (non-hydrogen) atoms. The summed E-state index contributed by atoms with van der Waals surface area (Å²) in [4.78, 5) is 34.3. The maximum atomic E-state index is 13.0. The molecule has 12 heteroatoms. The molecule has 0 unspecified atom stereocenters. The van der Waals surface area contributed by atoms with Crippen molar-refractivity contribution in [3.8, 4) is 5.75 Å². The number of nitrogen functional groups attached to an aromatic ring is 1. The molecule has 170 valence electrons. The SMILES string of the molecule is CCNc1cc([N+](=O)[O-])cc(Cl)c1OC(=O)c1ccccc1Nc1ccc(N)cc1[N+](=O)[O-]. The highest BCUT2D eigenvalue weighted by Gasteiger charge is 2.22. The first-order chi connectivity index (χ1) is 15.7. The van der Waals surface area contributed by atoms with E-state index in [1.54, 1.807) is 25.1 Å². The van der Waals surface area contributed by atoms with Crippen LogP contribution in [-0.2, 0) is 0 Å². The van der Waals surface area contributed by atoms with E-state index in [0.29, 0.717) is 6.54 Å². The molecule has 11 nitrogen and oxygen atoms in total. The summed E-state index contributed by atoms with van der Waals surface area (Å²) in [5.41, 5.74) is 5.89. The average Bonchev–Trinajstić information content (AvgIpc) is 2.77. The molecule has 0 saturated carbocycles. The second-order valence-electron chi connectivity index (χ2n) is 6.69. The minimum absolute atomic E-state index is 0.0560. The molecule has 0 radical (unpaired) electrons. The minimum atomic E-state index is -0.828. The Labute approximate surface area is 192 Å². The predicted molar refractivity (Wildman–Crippen MR) is 124 cm³/mol. The van der Waals surface area contributed by atoms with E-state index in [9.17, 15) is 25.0 Å². The molecule has 0 bridgehead atoms.